The van der Waals surface area contributed by atoms with Crippen molar-refractivity contribution in [2.45, 2.75) is 23.8 Å². The molecule has 1 fully saturated rings. The molecule has 1 unspecified atom stereocenters. The van der Waals surface area contributed by atoms with E-state index in [1.54, 1.807) is 12.0 Å². The van der Waals surface area contributed by atoms with Gasteiger partial charge >= 0.3 is 0 Å². The Morgan fingerprint density at radius 1 is 1.35 bits per heavy atom. The van der Waals surface area contributed by atoms with Crippen molar-refractivity contribution in [3.05, 3.63) is 57.4 Å². The molecule has 2 heterocycles. The molecule has 0 aliphatic carbocycles. The molecule has 0 saturated carbocycles. The Morgan fingerprint density at radius 2 is 2.19 bits per heavy atom. The summed E-state index contributed by atoms with van der Waals surface area (Å²) in [5.74, 6) is 0.333. The van der Waals surface area contributed by atoms with E-state index >= 15 is 0 Å². The van der Waals surface area contributed by atoms with E-state index in [1.165, 1.54) is 11.8 Å². The zero-order valence-corrected chi connectivity index (χ0v) is 19.5. The minimum absolute atomic E-state index is 0.0349. The lowest BCUT2D eigenvalue weighted by Gasteiger charge is -2.30. The maximum atomic E-state index is 13.3. The van der Waals surface area contributed by atoms with Crippen molar-refractivity contribution in [3.8, 4) is 5.75 Å². The minimum Gasteiger partial charge on any atom is -0.496 e. The van der Waals surface area contributed by atoms with Crippen LogP contribution in [-0.4, -0.2) is 44.7 Å². The molecule has 1 atom stereocenters. The Kier molecular flexibility index (Phi) is 6.99. The number of amides is 2. The molecule has 2 aromatic rings. The van der Waals surface area contributed by atoms with Crippen molar-refractivity contribution in [2.24, 2.45) is 0 Å². The fraction of sp³-hybridized carbons (Fsp3) is 0.304. The number of nitrogens with zero attached hydrogens (tertiary/aromatic N) is 1. The van der Waals surface area contributed by atoms with Gasteiger partial charge in [-0.2, -0.15) is 0 Å². The molecule has 1 N–H and O–H groups in total. The van der Waals surface area contributed by atoms with Gasteiger partial charge in [0.2, 0.25) is 5.91 Å². The minimum atomic E-state index is -0.197. The van der Waals surface area contributed by atoms with Gasteiger partial charge in [0, 0.05) is 18.0 Å². The van der Waals surface area contributed by atoms with Gasteiger partial charge in [0.05, 0.1) is 28.3 Å². The van der Waals surface area contributed by atoms with Crippen molar-refractivity contribution in [2.75, 3.05) is 31.7 Å². The van der Waals surface area contributed by atoms with Crippen LogP contribution < -0.4 is 15.0 Å². The lowest BCUT2D eigenvalue weighted by Crippen LogP contribution is -2.44. The third-order valence-electron chi connectivity index (χ3n) is 5.16. The highest BCUT2D eigenvalue weighted by atomic mass is 79.9. The molecule has 6 nitrogen and oxygen atoms in total. The Hall–Kier alpha value is -2.29. The van der Waals surface area contributed by atoms with Gasteiger partial charge in [-0.3, -0.25) is 14.5 Å². The smallest absolute Gasteiger partial charge is 0.265 e. The van der Waals surface area contributed by atoms with Gasteiger partial charge in [-0.1, -0.05) is 30.0 Å². The average Bonchev–Trinajstić information content (AvgIpc) is 3.29. The molecular weight excluding hydrogens is 480 g/mol. The molecule has 2 aromatic carbocycles. The van der Waals surface area contributed by atoms with E-state index in [-0.39, 0.29) is 24.5 Å². The van der Waals surface area contributed by atoms with Crippen LogP contribution in [0.5, 0.6) is 5.75 Å². The number of carbonyl (C=O) groups is 2. The Morgan fingerprint density at radius 3 is 2.94 bits per heavy atom. The van der Waals surface area contributed by atoms with Crippen LogP contribution >= 0.6 is 27.7 Å². The summed E-state index contributed by atoms with van der Waals surface area (Å²) in [6.07, 6.45) is 3.87. The predicted octanol–water partition coefficient (Wildman–Crippen LogP) is 4.23. The molecule has 2 aliphatic heterocycles. The number of fused-ring (bicyclic) bond motifs is 1. The first kappa shape index (κ1) is 21.9. The number of hydrogen-bond acceptors (Lipinski definition) is 5. The average molecular weight is 503 g/mol. The Labute approximate surface area is 194 Å². The third kappa shape index (κ3) is 5.14. The maximum absolute atomic E-state index is 13.3. The molecule has 162 valence electrons. The summed E-state index contributed by atoms with van der Waals surface area (Å²) in [4.78, 5) is 28.9. The second-order valence-electron chi connectivity index (χ2n) is 7.30. The zero-order valence-electron chi connectivity index (χ0n) is 17.1. The number of halogens is 1. The molecule has 0 radical (unpaired) electrons. The summed E-state index contributed by atoms with van der Waals surface area (Å²) in [6.45, 7) is 1.18. The van der Waals surface area contributed by atoms with E-state index in [2.05, 4.69) is 21.2 Å². The fourth-order valence-electron chi connectivity index (χ4n) is 3.58. The second kappa shape index (κ2) is 9.89. The molecule has 0 bridgehead atoms. The third-order valence-corrected chi connectivity index (χ3v) is 6.86. The molecule has 0 aromatic heterocycles. The first-order chi connectivity index (χ1) is 15.0. The van der Waals surface area contributed by atoms with E-state index in [4.69, 9.17) is 9.47 Å². The van der Waals surface area contributed by atoms with Crippen LogP contribution in [0, 0.1) is 0 Å². The molecule has 2 aliphatic rings. The van der Waals surface area contributed by atoms with Crippen LogP contribution in [-0.2, 0) is 14.3 Å². The van der Waals surface area contributed by atoms with Gasteiger partial charge in [0.15, 0.2) is 0 Å². The van der Waals surface area contributed by atoms with E-state index < -0.39 is 0 Å². The van der Waals surface area contributed by atoms with Crippen LogP contribution in [0.25, 0.3) is 6.08 Å². The molecular formula is C23H23BrN2O4S. The summed E-state index contributed by atoms with van der Waals surface area (Å²) < 4.78 is 11.6. The topological polar surface area (TPSA) is 67.9 Å². The molecule has 0 spiro atoms. The normalized spacial score (nSPS) is 19.4. The molecule has 1 saturated heterocycles. The van der Waals surface area contributed by atoms with Gasteiger partial charge in [-0.25, -0.2) is 0 Å². The summed E-state index contributed by atoms with van der Waals surface area (Å²) in [6, 6.07) is 13.3. The van der Waals surface area contributed by atoms with Crippen LogP contribution in [0.4, 0.5) is 5.69 Å². The van der Waals surface area contributed by atoms with E-state index in [1.807, 2.05) is 48.5 Å². The van der Waals surface area contributed by atoms with Crippen LogP contribution in [0.15, 0.2) is 56.7 Å². The quantitative estimate of drug-likeness (QED) is 0.598. The van der Waals surface area contributed by atoms with Gasteiger partial charge < -0.3 is 14.8 Å². The second-order valence-corrected chi connectivity index (χ2v) is 9.24. The summed E-state index contributed by atoms with van der Waals surface area (Å²) >= 11 is 4.90. The van der Waals surface area contributed by atoms with Crippen LogP contribution in [0.2, 0.25) is 0 Å². The maximum Gasteiger partial charge on any atom is 0.265 e. The first-order valence-electron chi connectivity index (χ1n) is 10.1. The van der Waals surface area contributed by atoms with E-state index in [9.17, 15) is 9.59 Å². The highest BCUT2D eigenvalue weighted by molar-refractivity contribution is 9.10. The highest BCUT2D eigenvalue weighted by Crippen LogP contribution is 2.42. The van der Waals surface area contributed by atoms with Gasteiger partial charge in [-0.05, 0) is 64.7 Å². The summed E-state index contributed by atoms with van der Waals surface area (Å²) in [5.41, 5.74) is 1.61. The van der Waals surface area contributed by atoms with Gasteiger partial charge in [0.1, 0.15) is 12.3 Å². The van der Waals surface area contributed by atoms with E-state index in [0.717, 1.165) is 45.8 Å². The fourth-order valence-corrected chi connectivity index (χ4v) is 5.19. The summed E-state index contributed by atoms with van der Waals surface area (Å²) in [5, 5.41) is 2.90. The number of ether oxygens (including phenoxy) is 2. The number of benzene rings is 2. The lowest BCUT2D eigenvalue weighted by atomic mass is 10.2. The predicted molar refractivity (Wildman–Crippen MR) is 125 cm³/mol. The molecule has 2 amide bonds. The van der Waals surface area contributed by atoms with Crippen molar-refractivity contribution in [1.82, 2.24) is 5.32 Å². The summed E-state index contributed by atoms with van der Waals surface area (Å²) in [7, 11) is 1.61. The van der Waals surface area contributed by atoms with Crippen LogP contribution in [0.1, 0.15) is 18.4 Å². The number of rotatable bonds is 6. The van der Waals surface area contributed by atoms with Crippen molar-refractivity contribution < 1.29 is 19.1 Å². The highest BCUT2D eigenvalue weighted by Gasteiger charge is 2.30. The molecule has 4 rings (SSSR count). The van der Waals surface area contributed by atoms with Crippen molar-refractivity contribution in [3.63, 3.8) is 0 Å². The first-order valence-corrected chi connectivity index (χ1v) is 11.7. The number of anilines is 1. The largest absolute Gasteiger partial charge is 0.496 e. The number of carbonyl (C=O) groups excluding carboxylic acids is 2. The Balaban J connectivity index is 1.55. The van der Waals surface area contributed by atoms with E-state index in [0.29, 0.717) is 11.4 Å². The Bertz CT molecular complexity index is 1020. The molecule has 8 heteroatoms. The number of thioether (sulfide) groups is 1. The van der Waals surface area contributed by atoms with Crippen molar-refractivity contribution >= 4 is 51.3 Å². The number of hydrogen-bond donors (Lipinski definition) is 1. The number of nitrogens with one attached hydrogen (secondary N) is 1. The zero-order chi connectivity index (χ0) is 21.8. The number of methoxy groups -OCH3 is 1. The molecule has 31 heavy (non-hydrogen) atoms. The standard InChI is InChI=1S/C23H23BrN2O4S/c1-29-19-9-8-15(11-17(19)24)12-21-23(28)26(18-6-2-3-7-20(18)31-21)14-22(27)25-13-16-5-4-10-30-16/h2-3,6-9,11-12,16H,4-5,10,13-14H2,1H3,(H,25,27). The lowest BCUT2D eigenvalue weighted by molar-refractivity contribution is -0.122. The monoisotopic (exact) mass is 502 g/mol. The van der Waals surface area contributed by atoms with Gasteiger partial charge in [-0.15, -0.1) is 0 Å². The van der Waals surface area contributed by atoms with Crippen LogP contribution in [0.3, 0.4) is 0 Å². The van der Waals surface area contributed by atoms with Gasteiger partial charge in [0.25, 0.3) is 5.91 Å². The SMILES string of the molecule is COc1ccc(C=C2Sc3ccccc3N(CC(=O)NCC3CCCO3)C2=O)cc1Br. The van der Waals surface area contributed by atoms with Crippen molar-refractivity contribution in [1.29, 1.82) is 0 Å². The number of para-hydroxylation sites is 1.